The molecule has 1 aromatic rings. The normalized spacial score (nSPS) is 18.2. The van der Waals surface area contributed by atoms with E-state index in [4.69, 9.17) is 4.74 Å². The summed E-state index contributed by atoms with van der Waals surface area (Å²) in [6.07, 6.45) is 4.95. The van der Waals surface area contributed by atoms with E-state index in [2.05, 4.69) is 6.07 Å². The zero-order chi connectivity index (χ0) is 9.26. The highest BCUT2D eigenvalue weighted by Gasteiger charge is 2.08. The Labute approximate surface area is 80.2 Å². The summed E-state index contributed by atoms with van der Waals surface area (Å²) >= 11 is 1.68. The third kappa shape index (κ3) is 1.87. The van der Waals surface area contributed by atoms with Gasteiger partial charge in [0.2, 0.25) is 0 Å². The van der Waals surface area contributed by atoms with Gasteiger partial charge >= 0.3 is 5.97 Å². The van der Waals surface area contributed by atoms with Gasteiger partial charge in [-0.25, -0.2) is 4.79 Å². The average molecular weight is 192 g/mol. The first-order valence-electron chi connectivity index (χ1n) is 3.91. The van der Waals surface area contributed by atoms with E-state index in [0.717, 1.165) is 5.56 Å². The van der Waals surface area contributed by atoms with E-state index in [9.17, 15) is 4.79 Å². The topological polar surface area (TPSA) is 26.3 Å². The van der Waals surface area contributed by atoms with Crippen LogP contribution in [-0.4, -0.2) is 5.97 Å². The van der Waals surface area contributed by atoms with E-state index in [-0.39, 0.29) is 5.97 Å². The SMILES string of the molecule is Cc1cc(C=C2C=CC(=O)O2)cs1. The Morgan fingerprint density at radius 3 is 2.85 bits per heavy atom. The Morgan fingerprint density at radius 2 is 2.31 bits per heavy atom. The average Bonchev–Trinajstić information content (AvgIpc) is 2.62. The lowest BCUT2D eigenvalue weighted by Crippen LogP contribution is -1.89. The highest BCUT2D eigenvalue weighted by Crippen LogP contribution is 2.19. The van der Waals surface area contributed by atoms with Crippen LogP contribution in [0, 0.1) is 6.92 Å². The first-order chi connectivity index (χ1) is 6.24. The van der Waals surface area contributed by atoms with Gasteiger partial charge in [-0.1, -0.05) is 0 Å². The van der Waals surface area contributed by atoms with Crippen molar-refractivity contribution < 1.29 is 9.53 Å². The number of hydrogen-bond acceptors (Lipinski definition) is 3. The summed E-state index contributed by atoms with van der Waals surface area (Å²) < 4.78 is 4.89. The van der Waals surface area contributed by atoms with Crippen LogP contribution in [0.25, 0.3) is 6.08 Å². The Balaban J connectivity index is 2.22. The van der Waals surface area contributed by atoms with E-state index in [1.54, 1.807) is 17.4 Å². The van der Waals surface area contributed by atoms with Gasteiger partial charge in [0, 0.05) is 11.0 Å². The summed E-state index contributed by atoms with van der Waals surface area (Å²) in [5.41, 5.74) is 1.08. The summed E-state index contributed by atoms with van der Waals surface area (Å²) in [4.78, 5) is 12.0. The number of aryl methyl sites for hydroxylation is 1. The van der Waals surface area contributed by atoms with Crippen molar-refractivity contribution in [2.75, 3.05) is 0 Å². The molecule has 0 amide bonds. The van der Waals surface area contributed by atoms with Crippen LogP contribution in [0.2, 0.25) is 0 Å². The number of carbonyl (C=O) groups excluding carboxylic acids is 1. The molecule has 0 N–H and O–H groups in total. The minimum absolute atomic E-state index is 0.293. The number of hydrogen-bond donors (Lipinski definition) is 0. The fourth-order valence-electron chi connectivity index (χ4n) is 1.12. The van der Waals surface area contributed by atoms with Crippen molar-refractivity contribution in [2.45, 2.75) is 6.92 Å². The highest BCUT2D eigenvalue weighted by molar-refractivity contribution is 7.10. The van der Waals surface area contributed by atoms with E-state index >= 15 is 0 Å². The molecule has 0 unspecified atom stereocenters. The first-order valence-corrected chi connectivity index (χ1v) is 4.79. The van der Waals surface area contributed by atoms with Gasteiger partial charge in [-0.05, 0) is 36.1 Å². The number of ether oxygens (including phenoxy) is 1. The molecular weight excluding hydrogens is 184 g/mol. The van der Waals surface area contributed by atoms with E-state index < -0.39 is 0 Å². The van der Waals surface area contributed by atoms with Gasteiger partial charge < -0.3 is 4.74 Å². The number of carbonyl (C=O) groups is 1. The van der Waals surface area contributed by atoms with Crippen LogP contribution < -0.4 is 0 Å². The monoisotopic (exact) mass is 192 g/mol. The molecule has 0 bridgehead atoms. The lowest BCUT2D eigenvalue weighted by Gasteiger charge is -1.92. The Bertz CT molecular complexity index is 399. The van der Waals surface area contributed by atoms with Crippen LogP contribution in [0.1, 0.15) is 10.4 Å². The predicted molar refractivity (Wildman–Crippen MR) is 52.3 cm³/mol. The van der Waals surface area contributed by atoms with Crippen LogP contribution in [0.3, 0.4) is 0 Å². The second-order valence-electron chi connectivity index (χ2n) is 2.79. The number of thiophene rings is 1. The van der Waals surface area contributed by atoms with Gasteiger partial charge in [0.25, 0.3) is 0 Å². The van der Waals surface area contributed by atoms with Crippen LogP contribution in [-0.2, 0) is 9.53 Å². The summed E-state index contributed by atoms with van der Waals surface area (Å²) in [6, 6.07) is 2.05. The molecule has 0 atom stereocenters. The van der Waals surface area contributed by atoms with Crippen molar-refractivity contribution in [3.05, 3.63) is 39.8 Å². The molecule has 1 aromatic heterocycles. The van der Waals surface area contributed by atoms with Crippen molar-refractivity contribution in [3.63, 3.8) is 0 Å². The summed E-state index contributed by atoms with van der Waals surface area (Å²) in [7, 11) is 0. The minimum atomic E-state index is -0.293. The Hall–Kier alpha value is -1.35. The molecule has 2 rings (SSSR count). The Kier molecular flexibility index (Phi) is 2.02. The molecule has 13 heavy (non-hydrogen) atoms. The summed E-state index contributed by atoms with van der Waals surface area (Å²) in [5, 5.41) is 2.03. The maximum Gasteiger partial charge on any atom is 0.336 e. The van der Waals surface area contributed by atoms with Crippen molar-refractivity contribution in [1.82, 2.24) is 0 Å². The minimum Gasteiger partial charge on any atom is -0.423 e. The molecular formula is C10H8O2S. The molecule has 2 nitrogen and oxygen atoms in total. The molecule has 0 radical (unpaired) electrons. The molecule has 66 valence electrons. The first kappa shape index (κ1) is 8.26. The maximum atomic E-state index is 10.7. The predicted octanol–water partition coefficient (Wildman–Crippen LogP) is 2.51. The van der Waals surface area contributed by atoms with Crippen LogP contribution in [0.15, 0.2) is 29.4 Å². The number of rotatable bonds is 1. The van der Waals surface area contributed by atoms with E-state index in [0.29, 0.717) is 5.76 Å². The molecule has 0 aliphatic carbocycles. The molecule has 0 spiro atoms. The fourth-order valence-corrected chi connectivity index (χ4v) is 1.78. The molecule has 1 aliphatic heterocycles. The standard InChI is InChI=1S/C10H8O2S/c1-7-4-8(6-13-7)5-9-2-3-10(11)12-9/h2-6H,1H3. The summed E-state index contributed by atoms with van der Waals surface area (Å²) in [6.45, 7) is 2.04. The second-order valence-corrected chi connectivity index (χ2v) is 3.91. The lowest BCUT2D eigenvalue weighted by molar-refractivity contribution is -0.132. The molecule has 0 fully saturated rings. The van der Waals surface area contributed by atoms with Crippen molar-refractivity contribution in [1.29, 1.82) is 0 Å². The highest BCUT2D eigenvalue weighted by atomic mass is 32.1. The van der Waals surface area contributed by atoms with Crippen LogP contribution in [0.4, 0.5) is 0 Å². The van der Waals surface area contributed by atoms with Gasteiger partial charge in [-0.2, -0.15) is 0 Å². The van der Waals surface area contributed by atoms with Gasteiger partial charge in [0.15, 0.2) is 0 Å². The van der Waals surface area contributed by atoms with Gasteiger partial charge in [0.1, 0.15) is 5.76 Å². The fraction of sp³-hybridized carbons (Fsp3) is 0.100. The van der Waals surface area contributed by atoms with Crippen molar-refractivity contribution in [2.24, 2.45) is 0 Å². The van der Waals surface area contributed by atoms with Gasteiger partial charge in [0.05, 0.1) is 0 Å². The lowest BCUT2D eigenvalue weighted by atomic mass is 10.3. The van der Waals surface area contributed by atoms with E-state index in [1.165, 1.54) is 11.0 Å². The number of cyclic esters (lactones) is 1. The smallest absolute Gasteiger partial charge is 0.336 e. The quantitative estimate of drug-likeness (QED) is 0.639. The zero-order valence-corrected chi connectivity index (χ0v) is 7.93. The molecule has 0 saturated heterocycles. The third-order valence-corrected chi connectivity index (χ3v) is 2.54. The molecule has 1 aliphatic rings. The van der Waals surface area contributed by atoms with E-state index in [1.807, 2.05) is 18.4 Å². The van der Waals surface area contributed by atoms with Crippen LogP contribution in [0.5, 0.6) is 0 Å². The largest absolute Gasteiger partial charge is 0.423 e. The van der Waals surface area contributed by atoms with Gasteiger partial charge in [-0.15, -0.1) is 11.3 Å². The molecule has 0 saturated carbocycles. The van der Waals surface area contributed by atoms with Crippen LogP contribution >= 0.6 is 11.3 Å². The zero-order valence-electron chi connectivity index (χ0n) is 7.11. The Morgan fingerprint density at radius 1 is 1.46 bits per heavy atom. The van der Waals surface area contributed by atoms with Gasteiger partial charge in [-0.3, -0.25) is 0 Å². The van der Waals surface area contributed by atoms with Crippen molar-refractivity contribution in [3.8, 4) is 0 Å². The molecule has 3 heteroatoms. The molecule has 0 aromatic carbocycles. The molecule has 2 heterocycles. The second kappa shape index (κ2) is 3.18. The van der Waals surface area contributed by atoms with Crippen molar-refractivity contribution >= 4 is 23.4 Å². The maximum absolute atomic E-state index is 10.7. The number of esters is 1. The third-order valence-electron chi connectivity index (χ3n) is 1.66. The summed E-state index contributed by atoms with van der Waals surface area (Å²) in [5.74, 6) is 0.320. The number of allylic oxidation sites excluding steroid dienone is 1.